The molecule has 0 saturated heterocycles. The van der Waals surface area contributed by atoms with Gasteiger partial charge in [0.05, 0.1) is 5.02 Å². The van der Waals surface area contributed by atoms with E-state index >= 15 is 0 Å². The maximum atomic E-state index is 12.6. The second kappa shape index (κ2) is 8.89. The van der Waals surface area contributed by atoms with Crippen LogP contribution in [0.15, 0.2) is 83.8 Å². The summed E-state index contributed by atoms with van der Waals surface area (Å²) in [6.45, 7) is 0.277. The molecular weight excluding hydrogens is 401 g/mol. The van der Waals surface area contributed by atoms with Crippen molar-refractivity contribution in [2.24, 2.45) is 0 Å². The molecule has 0 aliphatic heterocycles. The first kappa shape index (κ1) is 19.9. The van der Waals surface area contributed by atoms with Gasteiger partial charge in [0, 0.05) is 17.5 Å². The molecule has 0 radical (unpaired) electrons. The fourth-order valence-corrected chi connectivity index (χ4v) is 4.80. The van der Waals surface area contributed by atoms with E-state index in [-0.39, 0.29) is 22.4 Å². The largest absolute Gasteiger partial charge is 0.242 e. The van der Waals surface area contributed by atoms with Crippen molar-refractivity contribution in [2.45, 2.75) is 17.2 Å². The van der Waals surface area contributed by atoms with Crippen molar-refractivity contribution in [3.05, 3.63) is 100 Å². The zero-order valence-corrected chi connectivity index (χ0v) is 16.8. The van der Waals surface area contributed by atoms with Crippen LogP contribution in [0.25, 0.3) is 0 Å². The maximum absolute atomic E-state index is 12.6. The minimum absolute atomic E-state index is 0.00682. The van der Waals surface area contributed by atoms with Gasteiger partial charge in [-0.25, -0.2) is 13.1 Å². The van der Waals surface area contributed by atoms with Gasteiger partial charge in [-0.3, -0.25) is 0 Å². The number of hydrogen-bond acceptors (Lipinski definition) is 2. The van der Waals surface area contributed by atoms with Crippen molar-refractivity contribution in [3.63, 3.8) is 0 Å². The Morgan fingerprint density at radius 3 is 1.93 bits per heavy atom. The molecule has 3 aromatic carbocycles. The molecule has 0 aromatic heterocycles. The Labute approximate surface area is 170 Å². The van der Waals surface area contributed by atoms with Gasteiger partial charge in [0.25, 0.3) is 0 Å². The molecule has 3 nitrogen and oxygen atoms in total. The van der Waals surface area contributed by atoms with Crippen LogP contribution in [0.1, 0.15) is 23.5 Å². The van der Waals surface area contributed by atoms with Crippen LogP contribution in [0.2, 0.25) is 10.0 Å². The second-order valence-corrected chi connectivity index (χ2v) is 8.71. The van der Waals surface area contributed by atoms with E-state index in [4.69, 9.17) is 23.2 Å². The smallest absolute Gasteiger partial charge is 0.211 e. The monoisotopic (exact) mass is 419 g/mol. The van der Waals surface area contributed by atoms with Crippen LogP contribution in [0, 0.1) is 0 Å². The highest BCUT2D eigenvalue weighted by molar-refractivity contribution is 7.89. The molecule has 3 rings (SSSR count). The first-order valence-electron chi connectivity index (χ1n) is 8.52. The van der Waals surface area contributed by atoms with E-state index in [1.54, 1.807) is 6.07 Å². The van der Waals surface area contributed by atoms with Crippen LogP contribution in [0.5, 0.6) is 0 Å². The van der Waals surface area contributed by atoms with E-state index in [9.17, 15) is 8.42 Å². The minimum atomic E-state index is -3.74. The third-order valence-electron chi connectivity index (χ3n) is 4.31. The summed E-state index contributed by atoms with van der Waals surface area (Å²) in [5.41, 5.74) is 2.28. The maximum Gasteiger partial charge on any atom is 0.242 e. The van der Waals surface area contributed by atoms with Gasteiger partial charge >= 0.3 is 0 Å². The van der Waals surface area contributed by atoms with Crippen LogP contribution in [-0.2, 0) is 10.0 Å². The fraction of sp³-hybridized carbons (Fsp3) is 0.143. The highest BCUT2D eigenvalue weighted by Crippen LogP contribution is 2.28. The second-order valence-electron chi connectivity index (χ2n) is 6.14. The molecule has 6 heteroatoms. The molecule has 0 heterocycles. The van der Waals surface area contributed by atoms with Gasteiger partial charge in [-0.1, -0.05) is 83.9 Å². The van der Waals surface area contributed by atoms with Crippen LogP contribution >= 0.6 is 23.2 Å². The molecule has 140 valence electrons. The molecule has 3 aromatic rings. The van der Waals surface area contributed by atoms with Gasteiger partial charge in [-0.2, -0.15) is 0 Å². The Hall–Kier alpha value is -1.85. The fourth-order valence-electron chi connectivity index (χ4n) is 2.99. The SMILES string of the molecule is O=S(=O)(NCCC(c1ccccc1)c1ccccc1)c1cc(Cl)ccc1Cl. The summed E-state index contributed by atoms with van der Waals surface area (Å²) in [6.07, 6.45) is 0.617. The molecule has 0 bridgehead atoms. The first-order valence-corrected chi connectivity index (χ1v) is 10.8. The number of sulfonamides is 1. The van der Waals surface area contributed by atoms with Crippen molar-refractivity contribution in [1.29, 1.82) is 0 Å². The lowest BCUT2D eigenvalue weighted by molar-refractivity contribution is 0.575. The van der Waals surface area contributed by atoms with Crippen LogP contribution in [0.3, 0.4) is 0 Å². The highest BCUT2D eigenvalue weighted by Gasteiger charge is 2.20. The molecule has 0 atom stereocenters. The molecule has 0 aliphatic rings. The highest BCUT2D eigenvalue weighted by atomic mass is 35.5. The molecular formula is C21H19Cl2NO2S. The van der Waals surface area contributed by atoms with Gasteiger partial charge < -0.3 is 0 Å². The molecule has 0 fully saturated rings. The zero-order valence-electron chi connectivity index (χ0n) is 14.5. The summed E-state index contributed by atoms with van der Waals surface area (Å²) in [5.74, 6) is 0.0879. The first-order chi connectivity index (χ1) is 13.0. The molecule has 1 N–H and O–H groups in total. The van der Waals surface area contributed by atoms with Crippen LogP contribution in [-0.4, -0.2) is 15.0 Å². The van der Waals surface area contributed by atoms with Gasteiger partial charge in [-0.15, -0.1) is 0 Å². The number of nitrogens with one attached hydrogen (secondary N) is 1. The summed E-state index contributed by atoms with van der Waals surface area (Å²) in [4.78, 5) is -0.00682. The lowest BCUT2D eigenvalue weighted by atomic mass is 9.89. The summed E-state index contributed by atoms with van der Waals surface area (Å²) in [5, 5.41) is 0.473. The van der Waals surface area contributed by atoms with E-state index < -0.39 is 10.0 Å². The van der Waals surface area contributed by atoms with Crippen molar-refractivity contribution in [1.82, 2.24) is 4.72 Å². The molecule has 0 aliphatic carbocycles. The van der Waals surface area contributed by atoms with Crippen LogP contribution in [0.4, 0.5) is 0 Å². The molecule has 0 saturated carbocycles. The van der Waals surface area contributed by atoms with E-state index in [0.717, 1.165) is 11.1 Å². The summed E-state index contributed by atoms with van der Waals surface area (Å²) >= 11 is 12.0. The third-order valence-corrected chi connectivity index (χ3v) is 6.49. The Bertz CT molecular complexity index is 954. The Kier molecular flexibility index (Phi) is 6.55. The van der Waals surface area contributed by atoms with E-state index in [1.807, 2.05) is 36.4 Å². The zero-order chi connectivity index (χ0) is 19.3. The van der Waals surface area contributed by atoms with Gasteiger partial charge in [-0.05, 0) is 35.7 Å². The van der Waals surface area contributed by atoms with E-state index in [1.165, 1.54) is 12.1 Å². The molecule has 0 spiro atoms. The number of rotatable bonds is 7. The Morgan fingerprint density at radius 2 is 1.37 bits per heavy atom. The normalized spacial score (nSPS) is 11.7. The average Bonchev–Trinajstić information content (AvgIpc) is 2.68. The Balaban J connectivity index is 1.77. The van der Waals surface area contributed by atoms with Crippen molar-refractivity contribution in [2.75, 3.05) is 6.54 Å². The number of benzene rings is 3. The van der Waals surface area contributed by atoms with Crippen LogP contribution < -0.4 is 4.72 Å². The number of hydrogen-bond donors (Lipinski definition) is 1. The quantitative estimate of drug-likeness (QED) is 0.549. The predicted octanol–water partition coefficient (Wildman–Crippen LogP) is 5.49. The Morgan fingerprint density at radius 1 is 0.815 bits per heavy atom. The van der Waals surface area contributed by atoms with Crippen molar-refractivity contribution < 1.29 is 8.42 Å². The minimum Gasteiger partial charge on any atom is -0.211 e. The summed E-state index contributed by atoms with van der Waals surface area (Å²) < 4.78 is 27.9. The predicted molar refractivity (Wildman–Crippen MR) is 111 cm³/mol. The number of halogens is 2. The van der Waals surface area contributed by atoms with E-state index in [0.29, 0.717) is 11.4 Å². The van der Waals surface area contributed by atoms with Gasteiger partial charge in [0.2, 0.25) is 10.0 Å². The van der Waals surface area contributed by atoms with Crippen molar-refractivity contribution in [3.8, 4) is 0 Å². The topological polar surface area (TPSA) is 46.2 Å². The summed E-state index contributed by atoms with van der Waals surface area (Å²) in [7, 11) is -3.74. The lowest BCUT2D eigenvalue weighted by Crippen LogP contribution is -2.26. The van der Waals surface area contributed by atoms with Gasteiger partial charge in [0.1, 0.15) is 4.90 Å². The van der Waals surface area contributed by atoms with E-state index in [2.05, 4.69) is 29.0 Å². The van der Waals surface area contributed by atoms with Crippen molar-refractivity contribution >= 4 is 33.2 Å². The molecule has 0 unspecified atom stereocenters. The lowest BCUT2D eigenvalue weighted by Gasteiger charge is -2.18. The standard InChI is InChI=1S/C21H19Cl2NO2S/c22-18-11-12-20(23)21(15-18)27(25,26)24-14-13-19(16-7-3-1-4-8-16)17-9-5-2-6-10-17/h1-12,15,19,24H,13-14H2. The molecule has 0 amide bonds. The van der Waals surface area contributed by atoms with Gasteiger partial charge in [0.15, 0.2) is 0 Å². The third kappa shape index (κ3) is 5.11. The average molecular weight is 420 g/mol. The molecule has 27 heavy (non-hydrogen) atoms. The summed E-state index contributed by atoms with van der Waals surface area (Å²) in [6, 6.07) is 24.5.